The summed E-state index contributed by atoms with van der Waals surface area (Å²) in [6, 6.07) is 27.9. The molecular weight excluding hydrogens is 280 g/mol. The van der Waals surface area contributed by atoms with Crippen molar-refractivity contribution in [2.24, 2.45) is 0 Å². The Bertz CT molecular complexity index is 968. The molecule has 0 saturated heterocycles. The molecule has 0 radical (unpaired) electrons. The maximum atomic E-state index is 5.25. The van der Waals surface area contributed by atoms with Crippen molar-refractivity contribution in [1.29, 1.82) is 0 Å². The lowest BCUT2D eigenvalue weighted by molar-refractivity contribution is 0.414. The smallest absolute Gasteiger partial charge is 0.118 e. The minimum Gasteiger partial charge on any atom is -0.497 e. The van der Waals surface area contributed by atoms with E-state index in [-0.39, 0.29) is 0 Å². The van der Waals surface area contributed by atoms with Gasteiger partial charge in [0.05, 0.1) is 7.11 Å². The van der Waals surface area contributed by atoms with Crippen molar-refractivity contribution in [3.63, 3.8) is 0 Å². The molecule has 1 nitrogen and oxygen atoms in total. The van der Waals surface area contributed by atoms with Crippen LogP contribution in [0, 0.1) is 0 Å². The van der Waals surface area contributed by atoms with Crippen LogP contribution in [0.1, 0.15) is 11.1 Å². The summed E-state index contributed by atoms with van der Waals surface area (Å²) in [6.07, 6.45) is 0.926. The standard InChI is InChI=1S/C22H18O/c1-23-19-12-10-16(11-13-19)14-18-15-17-6-2-3-7-20(17)22-9-5-4-8-21(18)22/h2-13,15H,14H2,1H3. The summed E-state index contributed by atoms with van der Waals surface area (Å²) in [5, 5.41) is 5.28. The van der Waals surface area contributed by atoms with Gasteiger partial charge in [0, 0.05) is 0 Å². The highest BCUT2D eigenvalue weighted by atomic mass is 16.5. The zero-order chi connectivity index (χ0) is 15.6. The molecule has 4 rings (SSSR count). The van der Waals surface area contributed by atoms with E-state index in [4.69, 9.17) is 4.74 Å². The molecular formula is C22H18O. The van der Waals surface area contributed by atoms with Crippen LogP contribution < -0.4 is 4.74 Å². The van der Waals surface area contributed by atoms with E-state index < -0.39 is 0 Å². The Kier molecular flexibility index (Phi) is 3.47. The second-order valence-corrected chi connectivity index (χ2v) is 5.83. The Morgan fingerprint density at radius 1 is 0.696 bits per heavy atom. The van der Waals surface area contributed by atoms with E-state index in [9.17, 15) is 0 Å². The van der Waals surface area contributed by atoms with E-state index >= 15 is 0 Å². The maximum Gasteiger partial charge on any atom is 0.118 e. The summed E-state index contributed by atoms with van der Waals surface area (Å²) >= 11 is 0. The molecule has 0 atom stereocenters. The number of hydrogen-bond acceptors (Lipinski definition) is 1. The van der Waals surface area contributed by atoms with Gasteiger partial charge in [0.2, 0.25) is 0 Å². The number of fused-ring (bicyclic) bond motifs is 3. The van der Waals surface area contributed by atoms with Crippen molar-refractivity contribution in [3.05, 3.63) is 90.0 Å². The average Bonchev–Trinajstić information content (AvgIpc) is 2.62. The minimum absolute atomic E-state index is 0.900. The third-order valence-electron chi connectivity index (χ3n) is 4.41. The molecule has 0 fully saturated rings. The molecule has 0 bridgehead atoms. The van der Waals surface area contributed by atoms with Gasteiger partial charge in [0.15, 0.2) is 0 Å². The van der Waals surface area contributed by atoms with Gasteiger partial charge < -0.3 is 4.74 Å². The first-order chi connectivity index (χ1) is 11.3. The predicted octanol–water partition coefficient (Wildman–Crippen LogP) is 5.59. The van der Waals surface area contributed by atoms with Crippen molar-refractivity contribution >= 4 is 21.5 Å². The number of rotatable bonds is 3. The van der Waals surface area contributed by atoms with Gasteiger partial charge in [0.25, 0.3) is 0 Å². The van der Waals surface area contributed by atoms with Crippen molar-refractivity contribution < 1.29 is 4.74 Å². The third kappa shape index (κ3) is 2.55. The summed E-state index contributed by atoms with van der Waals surface area (Å²) in [4.78, 5) is 0. The molecule has 0 N–H and O–H groups in total. The lowest BCUT2D eigenvalue weighted by Gasteiger charge is -2.11. The van der Waals surface area contributed by atoms with Gasteiger partial charge in [-0.1, -0.05) is 66.7 Å². The first kappa shape index (κ1) is 13.8. The van der Waals surface area contributed by atoms with Crippen LogP contribution >= 0.6 is 0 Å². The van der Waals surface area contributed by atoms with Crippen LogP contribution in [0.4, 0.5) is 0 Å². The molecule has 1 heteroatoms. The van der Waals surface area contributed by atoms with Gasteiger partial charge in [0.1, 0.15) is 5.75 Å². The molecule has 0 aliphatic rings. The van der Waals surface area contributed by atoms with E-state index in [1.165, 1.54) is 32.7 Å². The second-order valence-electron chi connectivity index (χ2n) is 5.83. The van der Waals surface area contributed by atoms with E-state index in [2.05, 4.69) is 66.7 Å². The van der Waals surface area contributed by atoms with Crippen LogP contribution in [0.2, 0.25) is 0 Å². The molecule has 0 amide bonds. The quantitative estimate of drug-likeness (QED) is 0.448. The second kappa shape index (κ2) is 5.77. The topological polar surface area (TPSA) is 9.23 Å². The number of methoxy groups -OCH3 is 1. The highest BCUT2D eigenvalue weighted by Crippen LogP contribution is 2.30. The Hall–Kier alpha value is -2.80. The fourth-order valence-corrected chi connectivity index (χ4v) is 3.24. The summed E-state index contributed by atoms with van der Waals surface area (Å²) in [7, 11) is 1.70. The SMILES string of the molecule is COc1ccc(Cc2cc3ccccc3c3ccccc23)cc1. The Morgan fingerprint density at radius 2 is 1.35 bits per heavy atom. The van der Waals surface area contributed by atoms with Crippen LogP contribution in [0.25, 0.3) is 21.5 Å². The van der Waals surface area contributed by atoms with Crippen molar-refractivity contribution in [2.45, 2.75) is 6.42 Å². The summed E-state index contributed by atoms with van der Waals surface area (Å²) in [5.74, 6) is 0.900. The van der Waals surface area contributed by atoms with E-state index in [0.717, 1.165) is 12.2 Å². The predicted molar refractivity (Wildman–Crippen MR) is 97.3 cm³/mol. The van der Waals surface area contributed by atoms with Crippen molar-refractivity contribution in [2.75, 3.05) is 7.11 Å². The molecule has 0 aromatic heterocycles. The van der Waals surface area contributed by atoms with Gasteiger partial charge in [-0.15, -0.1) is 0 Å². The minimum atomic E-state index is 0.900. The molecule has 23 heavy (non-hydrogen) atoms. The van der Waals surface area contributed by atoms with E-state index in [0.29, 0.717) is 0 Å². The fraction of sp³-hybridized carbons (Fsp3) is 0.0909. The molecule has 0 saturated carbocycles. The first-order valence-electron chi connectivity index (χ1n) is 7.87. The molecule has 4 aromatic rings. The highest BCUT2D eigenvalue weighted by molar-refractivity contribution is 6.09. The molecule has 0 aliphatic heterocycles. The number of ether oxygens (including phenoxy) is 1. The largest absolute Gasteiger partial charge is 0.497 e. The van der Waals surface area contributed by atoms with Crippen LogP contribution in [-0.4, -0.2) is 7.11 Å². The zero-order valence-electron chi connectivity index (χ0n) is 13.1. The highest BCUT2D eigenvalue weighted by Gasteiger charge is 2.07. The van der Waals surface area contributed by atoms with Crippen molar-refractivity contribution in [3.8, 4) is 5.75 Å². The molecule has 0 unspecified atom stereocenters. The van der Waals surface area contributed by atoms with Gasteiger partial charge in [-0.3, -0.25) is 0 Å². The van der Waals surface area contributed by atoms with E-state index in [1.54, 1.807) is 7.11 Å². The molecule has 0 aliphatic carbocycles. The Balaban J connectivity index is 1.87. The van der Waals surface area contributed by atoms with Crippen LogP contribution in [-0.2, 0) is 6.42 Å². The summed E-state index contributed by atoms with van der Waals surface area (Å²) in [6.45, 7) is 0. The number of hydrogen-bond donors (Lipinski definition) is 0. The Labute approximate surface area is 136 Å². The van der Waals surface area contributed by atoms with Crippen molar-refractivity contribution in [1.82, 2.24) is 0 Å². The normalized spacial score (nSPS) is 11.0. The van der Waals surface area contributed by atoms with Gasteiger partial charge in [-0.2, -0.15) is 0 Å². The van der Waals surface area contributed by atoms with Crippen LogP contribution in [0.3, 0.4) is 0 Å². The Morgan fingerprint density at radius 3 is 2.09 bits per heavy atom. The lowest BCUT2D eigenvalue weighted by Crippen LogP contribution is -1.92. The molecule has 112 valence electrons. The lowest BCUT2D eigenvalue weighted by atomic mass is 9.94. The average molecular weight is 298 g/mol. The zero-order valence-corrected chi connectivity index (χ0v) is 13.1. The van der Waals surface area contributed by atoms with Crippen LogP contribution in [0.5, 0.6) is 5.75 Å². The molecule has 0 heterocycles. The van der Waals surface area contributed by atoms with E-state index in [1.807, 2.05) is 12.1 Å². The third-order valence-corrected chi connectivity index (χ3v) is 4.41. The van der Waals surface area contributed by atoms with Gasteiger partial charge >= 0.3 is 0 Å². The van der Waals surface area contributed by atoms with Crippen LogP contribution in [0.15, 0.2) is 78.9 Å². The van der Waals surface area contributed by atoms with Gasteiger partial charge in [-0.05, 0) is 51.2 Å². The maximum absolute atomic E-state index is 5.25. The number of benzene rings is 4. The monoisotopic (exact) mass is 298 g/mol. The first-order valence-corrected chi connectivity index (χ1v) is 7.87. The summed E-state index contributed by atoms with van der Waals surface area (Å²) < 4.78 is 5.25. The fourth-order valence-electron chi connectivity index (χ4n) is 3.24. The van der Waals surface area contributed by atoms with Gasteiger partial charge in [-0.25, -0.2) is 0 Å². The summed E-state index contributed by atoms with van der Waals surface area (Å²) in [5.41, 5.74) is 2.66. The molecule has 0 spiro atoms. The molecule has 4 aromatic carbocycles.